The Kier molecular flexibility index (Phi) is 6.10. The fraction of sp³-hybridized carbons (Fsp3) is 0.500. The summed E-state index contributed by atoms with van der Waals surface area (Å²) in [5.41, 5.74) is 1.05. The number of rotatable bonds is 6. The number of hydrogen-bond acceptors (Lipinski definition) is 3. The Bertz CT molecular complexity index is 365. The van der Waals surface area contributed by atoms with E-state index in [-0.39, 0.29) is 6.04 Å². The van der Waals surface area contributed by atoms with Crippen LogP contribution in [0.2, 0.25) is 0 Å². The number of thioether (sulfide) groups is 1. The summed E-state index contributed by atoms with van der Waals surface area (Å²) in [5.74, 6) is 0.667. The number of hydrogen-bond donors (Lipinski definition) is 1. The monoisotopic (exact) mass is 248 g/mol. The zero-order chi connectivity index (χ0) is 12.7. The average Bonchev–Trinajstić information content (AvgIpc) is 2.34. The molecule has 0 aliphatic carbocycles. The van der Waals surface area contributed by atoms with Gasteiger partial charge in [-0.25, -0.2) is 0 Å². The molecule has 1 rings (SSSR count). The second-order valence-corrected chi connectivity index (χ2v) is 5.35. The maximum absolute atomic E-state index is 9.15. The van der Waals surface area contributed by atoms with Crippen molar-refractivity contribution >= 4 is 11.8 Å². The molecule has 0 amide bonds. The van der Waals surface area contributed by atoms with Gasteiger partial charge in [0.05, 0.1) is 6.07 Å². The van der Waals surface area contributed by atoms with Crippen LogP contribution in [0.4, 0.5) is 0 Å². The van der Waals surface area contributed by atoms with Crippen LogP contribution >= 0.6 is 11.8 Å². The first-order chi connectivity index (χ1) is 8.17. The van der Waals surface area contributed by atoms with Crippen molar-refractivity contribution in [3.8, 4) is 6.07 Å². The van der Waals surface area contributed by atoms with Gasteiger partial charge in [-0.15, -0.1) is 11.8 Å². The van der Waals surface area contributed by atoms with E-state index in [0.717, 1.165) is 18.5 Å². The third-order valence-corrected chi connectivity index (χ3v) is 3.39. The lowest BCUT2D eigenvalue weighted by atomic mass is 10.1. The van der Waals surface area contributed by atoms with Crippen molar-refractivity contribution in [3.63, 3.8) is 0 Å². The van der Waals surface area contributed by atoms with Gasteiger partial charge in [-0.05, 0) is 42.8 Å². The predicted octanol–water partition coefficient (Wildman–Crippen LogP) is 3.61. The van der Waals surface area contributed by atoms with Crippen LogP contribution in [0.5, 0.6) is 0 Å². The molecule has 0 radical (unpaired) electrons. The van der Waals surface area contributed by atoms with Gasteiger partial charge in [-0.3, -0.25) is 5.32 Å². The molecule has 0 spiro atoms. The summed E-state index contributed by atoms with van der Waals surface area (Å²) in [4.78, 5) is 1.23. The molecule has 1 aromatic carbocycles. The quantitative estimate of drug-likeness (QED) is 0.781. The van der Waals surface area contributed by atoms with Crippen molar-refractivity contribution in [2.45, 2.75) is 31.2 Å². The first-order valence-corrected chi connectivity index (χ1v) is 7.16. The Morgan fingerprint density at radius 3 is 2.41 bits per heavy atom. The summed E-state index contributed by atoms with van der Waals surface area (Å²) < 4.78 is 0. The zero-order valence-electron chi connectivity index (χ0n) is 10.7. The van der Waals surface area contributed by atoms with Crippen molar-refractivity contribution in [1.29, 1.82) is 5.26 Å². The second kappa shape index (κ2) is 7.37. The van der Waals surface area contributed by atoms with E-state index < -0.39 is 0 Å². The van der Waals surface area contributed by atoms with Gasteiger partial charge in [0.1, 0.15) is 6.04 Å². The molecule has 0 fully saturated rings. The van der Waals surface area contributed by atoms with Crippen LogP contribution in [-0.2, 0) is 0 Å². The van der Waals surface area contributed by atoms with Gasteiger partial charge in [-0.1, -0.05) is 26.0 Å². The van der Waals surface area contributed by atoms with Crippen LogP contribution in [0, 0.1) is 17.2 Å². The lowest BCUT2D eigenvalue weighted by Crippen LogP contribution is -2.22. The van der Waals surface area contributed by atoms with E-state index in [4.69, 9.17) is 5.26 Å². The fourth-order valence-electron chi connectivity index (χ4n) is 1.55. The number of nitriles is 1. The molecular weight excluding hydrogens is 228 g/mol. The van der Waals surface area contributed by atoms with Crippen LogP contribution < -0.4 is 5.32 Å². The van der Waals surface area contributed by atoms with Crippen LogP contribution in [0.25, 0.3) is 0 Å². The highest BCUT2D eigenvalue weighted by atomic mass is 32.2. The van der Waals surface area contributed by atoms with E-state index in [0.29, 0.717) is 5.92 Å². The molecule has 1 N–H and O–H groups in total. The first-order valence-electron chi connectivity index (χ1n) is 5.94. The van der Waals surface area contributed by atoms with Crippen LogP contribution in [0.1, 0.15) is 31.9 Å². The van der Waals surface area contributed by atoms with Crippen LogP contribution in [0.15, 0.2) is 29.2 Å². The molecule has 0 saturated heterocycles. The Morgan fingerprint density at radius 2 is 1.94 bits per heavy atom. The second-order valence-electron chi connectivity index (χ2n) is 4.47. The average molecular weight is 248 g/mol. The third kappa shape index (κ3) is 4.80. The molecule has 3 heteroatoms. The van der Waals surface area contributed by atoms with Gasteiger partial charge in [0.25, 0.3) is 0 Å². The molecule has 1 aromatic rings. The van der Waals surface area contributed by atoms with Crippen LogP contribution in [0.3, 0.4) is 0 Å². The molecule has 0 aliphatic rings. The summed E-state index contributed by atoms with van der Waals surface area (Å²) in [7, 11) is 0. The number of nitrogens with zero attached hydrogens (tertiary/aromatic N) is 1. The van der Waals surface area contributed by atoms with Gasteiger partial charge in [0.15, 0.2) is 0 Å². The van der Waals surface area contributed by atoms with E-state index in [9.17, 15) is 0 Å². The van der Waals surface area contributed by atoms with E-state index in [2.05, 4.69) is 43.6 Å². The maximum atomic E-state index is 9.15. The largest absolute Gasteiger partial charge is 0.298 e. The highest BCUT2D eigenvalue weighted by Gasteiger charge is 2.09. The van der Waals surface area contributed by atoms with Gasteiger partial charge in [-0.2, -0.15) is 5.26 Å². The summed E-state index contributed by atoms with van der Waals surface area (Å²) >= 11 is 1.72. The number of nitrogens with one attached hydrogen (secondary N) is 1. The Labute approximate surface area is 108 Å². The summed E-state index contributed by atoms with van der Waals surface area (Å²) in [6.07, 6.45) is 3.15. The SMILES string of the molecule is CSc1ccc(C(C#N)NCCC(C)C)cc1. The molecule has 0 heterocycles. The lowest BCUT2D eigenvalue weighted by molar-refractivity contribution is 0.519. The molecule has 0 aliphatic heterocycles. The van der Waals surface area contributed by atoms with E-state index >= 15 is 0 Å². The van der Waals surface area contributed by atoms with Crippen molar-refractivity contribution in [2.75, 3.05) is 12.8 Å². The minimum atomic E-state index is -0.190. The maximum Gasteiger partial charge on any atom is 0.121 e. The highest BCUT2D eigenvalue weighted by molar-refractivity contribution is 7.98. The van der Waals surface area contributed by atoms with Gasteiger partial charge in [0, 0.05) is 4.90 Å². The first kappa shape index (κ1) is 14.1. The minimum Gasteiger partial charge on any atom is -0.298 e. The van der Waals surface area contributed by atoms with E-state index in [1.165, 1.54) is 4.90 Å². The van der Waals surface area contributed by atoms with Gasteiger partial charge < -0.3 is 0 Å². The van der Waals surface area contributed by atoms with Crippen molar-refractivity contribution in [3.05, 3.63) is 29.8 Å². The lowest BCUT2D eigenvalue weighted by Gasteiger charge is -2.13. The number of benzene rings is 1. The minimum absolute atomic E-state index is 0.190. The molecule has 0 saturated carbocycles. The molecule has 17 heavy (non-hydrogen) atoms. The Morgan fingerprint density at radius 1 is 1.29 bits per heavy atom. The third-order valence-electron chi connectivity index (χ3n) is 2.65. The van der Waals surface area contributed by atoms with E-state index in [1.54, 1.807) is 11.8 Å². The van der Waals surface area contributed by atoms with Gasteiger partial charge in [0.2, 0.25) is 0 Å². The highest BCUT2D eigenvalue weighted by Crippen LogP contribution is 2.18. The predicted molar refractivity (Wildman–Crippen MR) is 74.0 cm³/mol. The fourth-order valence-corrected chi connectivity index (χ4v) is 1.96. The van der Waals surface area contributed by atoms with Crippen molar-refractivity contribution in [1.82, 2.24) is 5.32 Å². The Hall–Kier alpha value is -0.980. The smallest absolute Gasteiger partial charge is 0.121 e. The normalized spacial score (nSPS) is 12.4. The molecule has 0 aromatic heterocycles. The van der Waals surface area contributed by atoms with Gasteiger partial charge >= 0.3 is 0 Å². The standard InChI is InChI=1S/C14H20N2S/c1-11(2)8-9-16-14(10-15)12-4-6-13(17-3)7-5-12/h4-7,11,14,16H,8-9H2,1-3H3. The summed E-state index contributed by atoms with van der Waals surface area (Å²) in [5, 5.41) is 12.4. The summed E-state index contributed by atoms with van der Waals surface area (Å²) in [6.45, 7) is 5.27. The van der Waals surface area contributed by atoms with E-state index in [1.807, 2.05) is 12.1 Å². The van der Waals surface area contributed by atoms with Crippen molar-refractivity contribution in [2.24, 2.45) is 5.92 Å². The topological polar surface area (TPSA) is 35.8 Å². The summed E-state index contributed by atoms with van der Waals surface area (Å²) in [6, 6.07) is 10.3. The zero-order valence-corrected chi connectivity index (χ0v) is 11.6. The molecule has 1 unspecified atom stereocenters. The molecule has 1 atom stereocenters. The Balaban J connectivity index is 2.57. The van der Waals surface area contributed by atoms with Crippen molar-refractivity contribution < 1.29 is 0 Å². The molecule has 92 valence electrons. The molecular formula is C14H20N2S. The molecule has 0 bridgehead atoms. The van der Waals surface area contributed by atoms with Crippen LogP contribution in [-0.4, -0.2) is 12.8 Å². The molecule has 2 nitrogen and oxygen atoms in total.